The standard InChI is InChI=1S/C17H15N5O/c1-9-7-14(21-20-9)11-3-5-12(6-4-11)16-13-8-18-22-17(23)15(13)10(2)19-16/h3-8,19H,1-2H3,(H,20,21)(H,22,23). The highest BCUT2D eigenvalue weighted by atomic mass is 16.1. The van der Waals surface area contributed by atoms with E-state index in [1.807, 2.05) is 44.2 Å². The van der Waals surface area contributed by atoms with Crippen LogP contribution in [0.5, 0.6) is 0 Å². The second-order valence-corrected chi connectivity index (χ2v) is 5.61. The van der Waals surface area contributed by atoms with E-state index in [0.29, 0.717) is 5.39 Å². The zero-order valence-electron chi connectivity index (χ0n) is 12.8. The number of benzene rings is 1. The zero-order valence-corrected chi connectivity index (χ0v) is 12.8. The molecule has 0 atom stereocenters. The summed E-state index contributed by atoms with van der Waals surface area (Å²) >= 11 is 0. The van der Waals surface area contributed by atoms with Crippen molar-refractivity contribution in [2.75, 3.05) is 0 Å². The number of hydrogen-bond acceptors (Lipinski definition) is 3. The lowest BCUT2D eigenvalue weighted by atomic mass is 10.1. The van der Waals surface area contributed by atoms with Gasteiger partial charge in [0, 0.05) is 11.1 Å². The highest BCUT2D eigenvalue weighted by Gasteiger charge is 2.12. The van der Waals surface area contributed by atoms with E-state index < -0.39 is 0 Å². The predicted octanol–water partition coefficient (Wildman–Crippen LogP) is 2.93. The first kappa shape index (κ1) is 13.5. The average Bonchev–Trinajstić information content (AvgIpc) is 3.12. The fourth-order valence-electron chi connectivity index (χ4n) is 2.89. The number of aromatic nitrogens is 5. The van der Waals surface area contributed by atoms with Gasteiger partial charge in [-0.3, -0.25) is 9.89 Å². The van der Waals surface area contributed by atoms with Crippen LogP contribution in [-0.2, 0) is 0 Å². The number of aryl methyl sites for hydroxylation is 2. The third-order valence-electron chi connectivity index (χ3n) is 4.00. The summed E-state index contributed by atoms with van der Waals surface area (Å²) < 4.78 is 0. The first-order valence-corrected chi connectivity index (χ1v) is 7.32. The molecule has 6 nitrogen and oxygen atoms in total. The summed E-state index contributed by atoms with van der Waals surface area (Å²) in [5.74, 6) is 0. The van der Waals surface area contributed by atoms with Gasteiger partial charge in [-0.15, -0.1) is 0 Å². The number of nitrogens with one attached hydrogen (secondary N) is 3. The van der Waals surface area contributed by atoms with Crippen LogP contribution < -0.4 is 5.56 Å². The first-order chi connectivity index (χ1) is 11.1. The van der Waals surface area contributed by atoms with Gasteiger partial charge in [0.2, 0.25) is 0 Å². The molecule has 3 heterocycles. The molecule has 0 saturated carbocycles. The van der Waals surface area contributed by atoms with Gasteiger partial charge in [0.1, 0.15) is 0 Å². The molecular formula is C17H15N5O. The third-order valence-corrected chi connectivity index (χ3v) is 4.00. The maximum Gasteiger partial charge on any atom is 0.273 e. The van der Waals surface area contributed by atoms with Gasteiger partial charge in [0.15, 0.2) is 0 Å². The number of H-pyrrole nitrogens is 3. The van der Waals surface area contributed by atoms with Gasteiger partial charge < -0.3 is 4.98 Å². The second-order valence-electron chi connectivity index (χ2n) is 5.61. The van der Waals surface area contributed by atoms with Crippen LogP contribution in [0.2, 0.25) is 0 Å². The topological polar surface area (TPSA) is 90.2 Å². The van der Waals surface area contributed by atoms with Crippen LogP contribution in [0.3, 0.4) is 0 Å². The van der Waals surface area contributed by atoms with E-state index in [9.17, 15) is 4.79 Å². The van der Waals surface area contributed by atoms with Crippen LogP contribution >= 0.6 is 0 Å². The van der Waals surface area contributed by atoms with Gasteiger partial charge in [0.25, 0.3) is 5.56 Å². The van der Waals surface area contributed by atoms with Crippen LogP contribution in [0.4, 0.5) is 0 Å². The Kier molecular flexibility index (Phi) is 2.90. The number of hydrogen-bond donors (Lipinski definition) is 3. The Bertz CT molecular complexity index is 1050. The lowest BCUT2D eigenvalue weighted by molar-refractivity contribution is 1.01. The second kappa shape index (κ2) is 4.95. The highest BCUT2D eigenvalue weighted by Crippen LogP contribution is 2.29. The minimum absolute atomic E-state index is 0.174. The molecule has 114 valence electrons. The van der Waals surface area contributed by atoms with Gasteiger partial charge in [-0.05, 0) is 31.0 Å². The summed E-state index contributed by atoms with van der Waals surface area (Å²) in [5, 5.41) is 15.0. The Labute approximate surface area is 131 Å². The van der Waals surface area contributed by atoms with Crippen LogP contribution in [-0.4, -0.2) is 25.4 Å². The summed E-state index contributed by atoms with van der Waals surface area (Å²) in [4.78, 5) is 15.2. The molecule has 0 fully saturated rings. The van der Waals surface area contributed by atoms with Gasteiger partial charge in [0.05, 0.1) is 28.7 Å². The summed E-state index contributed by atoms with van der Waals surface area (Å²) in [6, 6.07) is 10.1. The number of rotatable bonds is 2. The number of fused-ring (bicyclic) bond motifs is 1. The molecule has 0 aliphatic heterocycles. The molecule has 23 heavy (non-hydrogen) atoms. The normalized spacial score (nSPS) is 11.2. The summed E-state index contributed by atoms with van der Waals surface area (Å²) in [5.41, 5.74) is 5.59. The molecule has 0 radical (unpaired) electrons. The largest absolute Gasteiger partial charge is 0.357 e. The van der Waals surface area contributed by atoms with Gasteiger partial charge in [-0.2, -0.15) is 10.2 Å². The number of nitrogens with zero attached hydrogens (tertiary/aromatic N) is 2. The van der Waals surface area contributed by atoms with Crippen molar-refractivity contribution in [2.45, 2.75) is 13.8 Å². The van der Waals surface area contributed by atoms with Gasteiger partial charge >= 0.3 is 0 Å². The molecule has 4 aromatic rings. The molecule has 0 aliphatic rings. The Hall–Kier alpha value is -3.15. The molecule has 3 aromatic heterocycles. The monoisotopic (exact) mass is 305 g/mol. The van der Waals surface area contributed by atoms with Crippen LogP contribution in [0.25, 0.3) is 33.3 Å². The van der Waals surface area contributed by atoms with Crippen molar-refractivity contribution < 1.29 is 0 Å². The average molecular weight is 305 g/mol. The van der Waals surface area contributed by atoms with Crippen LogP contribution in [0.15, 0.2) is 41.3 Å². The van der Waals surface area contributed by atoms with E-state index in [2.05, 4.69) is 25.4 Å². The molecule has 0 unspecified atom stereocenters. The lowest BCUT2D eigenvalue weighted by Crippen LogP contribution is -2.06. The van der Waals surface area contributed by atoms with Crippen LogP contribution in [0, 0.1) is 13.8 Å². The third kappa shape index (κ3) is 2.15. The van der Waals surface area contributed by atoms with Crippen molar-refractivity contribution in [1.82, 2.24) is 25.4 Å². The highest BCUT2D eigenvalue weighted by molar-refractivity contribution is 5.96. The molecule has 3 N–H and O–H groups in total. The maximum atomic E-state index is 11.9. The van der Waals surface area contributed by atoms with Crippen LogP contribution in [0.1, 0.15) is 11.4 Å². The summed E-state index contributed by atoms with van der Waals surface area (Å²) in [6.07, 6.45) is 1.68. The van der Waals surface area contributed by atoms with Crippen molar-refractivity contribution >= 4 is 10.8 Å². The minimum atomic E-state index is -0.174. The Morgan fingerprint density at radius 1 is 1.00 bits per heavy atom. The molecule has 0 aliphatic carbocycles. The van der Waals surface area contributed by atoms with Gasteiger partial charge in [-0.25, -0.2) is 5.10 Å². The quantitative estimate of drug-likeness (QED) is 0.532. The van der Waals surface area contributed by atoms with Crippen molar-refractivity contribution in [3.63, 3.8) is 0 Å². The van der Waals surface area contributed by atoms with E-state index >= 15 is 0 Å². The van der Waals surface area contributed by atoms with E-state index in [1.165, 1.54) is 0 Å². The Morgan fingerprint density at radius 2 is 1.74 bits per heavy atom. The SMILES string of the molecule is Cc1cc(-c2ccc(-c3[nH]c(C)c4c(=O)[nH]ncc34)cc2)[nH]n1. The minimum Gasteiger partial charge on any atom is -0.357 e. The smallest absolute Gasteiger partial charge is 0.273 e. The molecule has 0 spiro atoms. The van der Waals surface area contributed by atoms with E-state index in [-0.39, 0.29) is 5.56 Å². The predicted molar refractivity (Wildman–Crippen MR) is 89.2 cm³/mol. The molecule has 4 rings (SSSR count). The molecule has 0 saturated heterocycles. The number of aromatic amines is 3. The summed E-state index contributed by atoms with van der Waals surface area (Å²) in [7, 11) is 0. The molecule has 1 aromatic carbocycles. The fourth-order valence-corrected chi connectivity index (χ4v) is 2.89. The Morgan fingerprint density at radius 3 is 2.43 bits per heavy atom. The first-order valence-electron chi connectivity index (χ1n) is 7.32. The maximum absolute atomic E-state index is 11.9. The van der Waals surface area contributed by atoms with Crippen molar-refractivity contribution in [2.24, 2.45) is 0 Å². The van der Waals surface area contributed by atoms with Crippen molar-refractivity contribution in [3.8, 4) is 22.5 Å². The van der Waals surface area contributed by atoms with E-state index in [1.54, 1.807) is 6.20 Å². The lowest BCUT2D eigenvalue weighted by Gasteiger charge is -2.02. The van der Waals surface area contributed by atoms with Crippen molar-refractivity contribution in [3.05, 3.63) is 58.3 Å². The fraction of sp³-hybridized carbons (Fsp3) is 0.118. The molecule has 0 bridgehead atoms. The van der Waals surface area contributed by atoms with E-state index in [0.717, 1.165) is 39.3 Å². The molecule has 0 amide bonds. The zero-order chi connectivity index (χ0) is 16.0. The van der Waals surface area contributed by atoms with Gasteiger partial charge in [-0.1, -0.05) is 24.3 Å². The van der Waals surface area contributed by atoms with Crippen molar-refractivity contribution in [1.29, 1.82) is 0 Å². The molecular weight excluding hydrogens is 290 g/mol. The Balaban J connectivity index is 1.83. The molecule has 6 heteroatoms. The van der Waals surface area contributed by atoms with E-state index in [4.69, 9.17) is 0 Å². The summed E-state index contributed by atoms with van der Waals surface area (Å²) in [6.45, 7) is 3.84.